The predicted octanol–water partition coefficient (Wildman–Crippen LogP) is 2.58. The molecule has 0 radical (unpaired) electrons. The van der Waals surface area contributed by atoms with Crippen LogP contribution in [0.4, 0.5) is 0 Å². The summed E-state index contributed by atoms with van der Waals surface area (Å²) in [5, 5.41) is 10.3. The van der Waals surface area contributed by atoms with Gasteiger partial charge in [0, 0.05) is 45.8 Å². The van der Waals surface area contributed by atoms with Crippen molar-refractivity contribution in [3.05, 3.63) is 23.5 Å². The van der Waals surface area contributed by atoms with Crippen LogP contribution in [-0.4, -0.2) is 25.4 Å². The van der Waals surface area contributed by atoms with E-state index in [2.05, 4.69) is 30.7 Å². The minimum atomic E-state index is -0.609. The fourth-order valence-corrected chi connectivity index (χ4v) is 4.83. The lowest BCUT2D eigenvalue weighted by Gasteiger charge is -2.35. The first-order valence-electron chi connectivity index (χ1n) is 7.19. The summed E-state index contributed by atoms with van der Waals surface area (Å²) in [5.74, 6) is 1.65. The first kappa shape index (κ1) is 13.4. The van der Waals surface area contributed by atoms with Crippen LogP contribution in [0.15, 0.2) is 12.3 Å². The number of aromatic nitrogens is 1. The van der Waals surface area contributed by atoms with Crippen LogP contribution >= 0.6 is 0 Å². The van der Waals surface area contributed by atoms with Gasteiger partial charge in [0.25, 0.3) is 0 Å². The molecule has 3 rings (SSSR count). The molecule has 1 aromatic rings. The Balaban J connectivity index is 1.90. The monoisotopic (exact) mass is 281 g/mol. The highest BCUT2D eigenvalue weighted by Gasteiger charge is 2.34. The van der Waals surface area contributed by atoms with Gasteiger partial charge in [-0.1, -0.05) is 13.8 Å². The van der Waals surface area contributed by atoms with Gasteiger partial charge in [0.2, 0.25) is 0 Å². The van der Waals surface area contributed by atoms with E-state index < -0.39 is 10.8 Å². The van der Waals surface area contributed by atoms with Crippen molar-refractivity contribution in [1.82, 2.24) is 4.57 Å². The molecule has 3 nitrogen and oxygen atoms in total. The highest BCUT2D eigenvalue weighted by atomic mass is 32.2. The molecule has 106 valence electrons. The second-order valence-electron chi connectivity index (χ2n) is 6.77. The maximum Gasteiger partial charge on any atom is 0.0812 e. The molecule has 0 bridgehead atoms. The molecule has 1 unspecified atom stereocenters. The second-order valence-corrected chi connectivity index (χ2v) is 8.46. The third-order valence-electron chi connectivity index (χ3n) is 4.56. The van der Waals surface area contributed by atoms with Gasteiger partial charge < -0.3 is 9.67 Å². The van der Waals surface area contributed by atoms with Crippen LogP contribution in [0.5, 0.6) is 0 Å². The minimum Gasteiger partial charge on any atom is -0.388 e. The van der Waals surface area contributed by atoms with Crippen LogP contribution in [0.3, 0.4) is 0 Å². The fraction of sp³-hybridized carbons (Fsp3) is 0.733. The summed E-state index contributed by atoms with van der Waals surface area (Å²) in [4.78, 5) is 0. The Labute approximate surface area is 117 Å². The van der Waals surface area contributed by atoms with E-state index in [-0.39, 0.29) is 11.5 Å². The van der Waals surface area contributed by atoms with Crippen LogP contribution in [-0.2, 0) is 17.2 Å². The molecule has 0 aromatic carbocycles. The van der Waals surface area contributed by atoms with Crippen molar-refractivity contribution < 1.29 is 9.32 Å². The van der Waals surface area contributed by atoms with Gasteiger partial charge in [-0.3, -0.25) is 4.21 Å². The maximum atomic E-state index is 11.5. The zero-order valence-electron chi connectivity index (χ0n) is 11.8. The largest absolute Gasteiger partial charge is 0.388 e. The number of rotatable bonds is 1. The lowest BCUT2D eigenvalue weighted by molar-refractivity contribution is 0.0973. The number of fused-ring (bicyclic) bond motifs is 1. The highest BCUT2D eigenvalue weighted by molar-refractivity contribution is 7.85. The van der Waals surface area contributed by atoms with E-state index in [0.717, 1.165) is 42.8 Å². The molecule has 4 heteroatoms. The third kappa shape index (κ3) is 2.52. The van der Waals surface area contributed by atoms with E-state index in [1.807, 2.05) is 0 Å². The van der Waals surface area contributed by atoms with Crippen molar-refractivity contribution in [2.75, 3.05) is 11.5 Å². The minimum absolute atomic E-state index is 0.167. The predicted molar refractivity (Wildman–Crippen MR) is 77.6 cm³/mol. The number of aliphatic hydroxyl groups excluding tert-OH is 1. The van der Waals surface area contributed by atoms with E-state index in [1.165, 1.54) is 5.69 Å². The van der Waals surface area contributed by atoms with Gasteiger partial charge in [-0.2, -0.15) is 0 Å². The molecular formula is C15H23NO2S. The number of hydrogen-bond acceptors (Lipinski definition) is 2. The van der Waals surface area contributed by atoms with Gasteiger partial charge in [0.15, 0.2) is 0 Å². The van der Waals surface area contributed by atoms with Crippen LogP contribution in [0.25, 0.3) is 0 Å². The summed E-state index contributed by atoms with van der Waals surface area (Å²) in [6.45, 7) is 4.46. The molecule has 0 spiro atoms. The molecule has 1 N–H and O–H groups in total. The standard InChI is InChI=1S/C15H23NO2S/c1-15(2)9-13-12(14(17)10-15)3-6-16(13)11-4-7-19(18)8-5-11/h3,6,11,14,17H,4-5,7-10H2,1-2H3. The van der Waals surface area contributed by atoms with Gasteiger partial charge in [-0.25, -0.2) is 0 Å². The Bertz CT molecular complexity index is 496. The Morgan fingerprint density at radius 3 is 2.74 bits per heavy atom. The fourth-order valence-electron chi connectivity index (χ4n) is 3.55. The van der Waals surface area contributed by atoms with Crippen LogP contribution in [0, 0.1) is 5.41 Å². The van der Waals surface area contributed by atoms with Crippen molar-refractivity contribution in [1.29, 1.82) is 0 Å². The normalized spacial score (nSPS) is 33.9. The molecule has 0 amide bonds. The van der Waals surface area contributed by atoms with E-state index in [4.69, 9.17) is 0 Å². The third-order valence-corrected chi connectivity index (χ3v) is 5.94. The summed E-state index contributed by atoms with van der Waals surface area (Å²) < 4.78 is 13.8. The van der Waals surface area contributed by atoms with Gasteiger partial charge in [0.05, 0.1) is 6.10 Å². The highest BCUT2D eigenvalue weighted by Crippen LogP contribution is 2.42. The Morgan fingerprint density at radius 2 is 2.05 bits per heavy atom. The van der Waals surface area contributed by atoms with Crippen LogP contribution in [0.1, 0.15) is 56.5 Å². The zero-order valence-corrected chi connectivity index (χ0v) is 12.6. The van der Waals surface area contributed by atoms with Crippen molar-refractivity contribution in [2.45, 2.75) is 51.7 Å². The lowest BCUT2D eigenvalue weighted by atomic mass is 9.75. The molecule has 1 atom stereocenters. The Morgan fingerprint density at radius 1 is 1.37 bits per heavy atom. The van der Waals surface area contributed by atoms with Gasteiger partial charge in [-0.15, -0.1) is 0 Å². The molecule has 19 heavy (non-hydrogen) atoms. The Kier molecular flexibility index (Phi) is 3.34. The average Bonchev–Trinajstić information content (AvgIpc) is 2.72. The Hall–Kier alpha value is -0.610. The van der Waals surface area contributed by atoms with E-state index in [1.54, 1.807) is 0 Å². The SMILES string of the molecule is CC1(C)Cc2c(ccn2C2CCS(=O)CC2)C(O)C1. The topological polar surface area (TPSA) is 42.2 Å². The molecule has 2 aliphatic rings. The maximum absolute atomic E-state index is 11.5. The van der Waals surface area contributed by atoms with Gasteiger partial charge in [-0.05, 0) is 37.2 Å². The molecule has 1 aromatic heterocycles. The zero-order chi connectivity index (χ0) is 13.6. The molecule has 1 aliphatic carbocycles. The first-order valence-corrected chi connectivity index (χ1v) is 8.68. The summed E-state index contributed by atoms with van der Waals surface area (Å²) in [6, 6.07) is 2.56. The smallest absolute Gasteiger partial charge is 0.0812 e. The number of hydrogen-bond donors (Lipinski definition) is 1. The molecule has 0 saturated carbocycles. The number of nitrogens with zero attached hydrogens (tertiary/aromatic N) is 1. The van der Waals surface area contributed by atoms with Crippen molar-refractivity contribution in [3.8, 4) is 0 Å². The van der Waals surface area contributed by atoms with E-state index in [0.29, 0.717) is 6.04 Å². The van der Waals surface area contributed by atoms with E-state index in [9.17, 15) is 9.32 Å². The molecular weight excluding hydrogens is 258 g/mol. The summed E-state index contributed by atoms with van der Waals surface area (Å²) >= 11 is 0. The molecule has 1 fully saturated rings. The van der Waals surface area contributed by atoms with E-state index >= 15 is 0 Å². The van der Waals surface area contributed by atoms with Gasteiger partial charge >= 0.3 is 0 Å². The quantitative estimate of drug-likeness (QED) is 0.859. The van der Waals surface area contributed by atoms with Crippen LogP contribution < -0.4 is 0 Å². The second kappa shape index (κ2) is 4.74. The summed E-state index contributed by atoms with van der Waals surface area (Å²) in [5.41, 5.74) is 2.59. The lowest BCUT2D eigenvalue weighted by Crippen LogP contribution is -2.29. The van der Waals surface area contributed by atoms with Crippen molar-refractivity contribution in [2.24, 2.45) is 5.41 Å². The van der Waals surface area contributed by atoms with Crippen molar-refractivity contribution in [3.63, 3.8) is 0 Å². The number of aliphatic hydroxyl groups is 1. The average molecular weight is 281 g/mol. The first-order chi connectivity index (χ1) is 8.96. The molecule has 1 aliphatic heterocycles. The summed E-state index contributed by atoms with van der Waals surface area (Å²) in [6.07, 6.45) is 5.70. The van der Waals surface area contributed by atoms with Crippen LogP contribution in [0.2, 0.25) is 0 Å². The molecule has 1 saturated heterocycles. The van der Waals surface area contributed by atoms with Gasteiger partial charge in [0.1, 0.15) is 0 Å². The molecule has 2 heterocycles. The summed E-state index contributed by atoms with van der Waals surface area (Å²) in [7, 11) is -0.609. The van der Waals surface area contributed by atoms with Crippen molar-refractivity contribution >= 4 is 10.8 Å².